The van der Waals surface area contributed by atoms with E-state index in [4.69, 9.17) is 26.2 Å². The molecule has 1 unspecified atom stereocenters. The highest BCUT2D eigenvalue weighted by Crippen LogP contribution is 2.10. The van der Waals surface area contributed by atoms with E-state index in [2.05, 4.69) is 5.32 Å². The highest BCUT2D eigenvalue weighted by atomic mass is 16.3. The van der Waals surface area contributed by atoms with Crippen LogP contribution in [0.2, 0.25) is 0 Å². The molecule has 0 spiro atoms. The van der Waals surface area contributed by atoms with Crippen LogP contribution < -0.4 is 11.1 Å². The quantitative estimate of drug-likeness (QED) is 0.265. The molecule has 6 nitrogen and oxygen atoms in total. The predicted octanol–water partition coefficient (Wildman–Crippen LogP) is -3.00. The Kier molecular flexibility index (Phi) is 5.50. The SMILES string of the molecule is CC(CN)(CO)NC(CO)(CO)CO. The van der Waals surface area contributed by atoms with Gasteiger partial charge in [-0.1, -0.05) is 0 Å². The summed E-state index contributed by atoms with van der Waals surface area (Å²) in [5, 5.41) is 38.9. The molecule has 0 rings (SSSR count). The summed E-state index contributed by atoms with van der Waals surface area (Å²) in [5.74, 6) is 0. The Balaban J connectivity index is 4.56. The molecule has 0 aromatic heterocycles. The number of nitrogens with two attached hydrogens (primary N) is 1. The van der Waals surface area contributed by atoms with Crippen LogP contribution in [0.1, 0.15) is 6.92 Å². The molecule has 0 amide bonds. The van der Waals surface area contributed by atoms with E-state index in [0.29, 0.717) is 0 Å². The molecule has 0 aromatic rings. The van der Waals surface area contributed by atoms with Crippen molar-refractivity contribution in [1.82, 2.24) is 5.32 Å². The lowest BCUT2D eigenvalue weighted by Gasteiger charge is -2.39. The molecule has 0 saturated heterocycles. The van der Waals surface area contributed by atoms with Gasteiger partial charge in [-0.05, 0) is 6.92 Å². The zero-order chi connectivity index (χ0) is 11.2. The molecule has 14 heavy (non-hydrogen) atoms. The zero-order valence-corrected chi connectivity index (χ0v) is 8.40. The first kappa shape index (κ1) is 13.8. The summed E-state index contributed by atoms with van der Waals surface area (Å²) >= 11 is 0. The van der Waals surface area contributed by atoms with E-state index >= 15 is 0 Å². The molecule has 6 heteroatoms. The maximum Gasteiger partial charge on any atom is 0.0886 e. The second-order valence-corrected chi connectivity index (χ2v) is 3.80. The van der Waals surface area contributed by atoms with Gasteiger partial charge >= 0.3 is 0 Å². The third-order valence-corrected chi connectivity index (χ3v) is 2.27. The standard InChI is InChI=1S/C8H20N2O4/c1-7(2-9,3-11)10-8(4-12,5-13)6-14/h10-14H,2-6,9H2,1H3. The summed E-state index contributed by atoms with van der Waals surface area (Å²) < 4.78 is 0. The van der Waals surface area contributed by atoms with Gasteiger partial charge in [0.2, 0.25) is 0 Å². The summed E-state index contributed by atoms with van der Waals surface area (Å²) in [5.41, 5.74) is 3.38. The van der Waals surface area contributed by atoms with E-state index < -0.39 is 30.9 Å². The molecule has 86 valence electrons. The van der Waals surface area contributed by atoms with Gasteiger partial charge in [0.1, 0.15) is 0 Å². The lowest BCUT2D eigenvalue weighted by Crippen LogP contribution is -2.66. The normalized spacial score (nSPS) is 16.7. The molecule has 0 radical (unpaired) electrons. The van der Waals surface area contributed by atoms with Gasteiger partial charge in [-0.15, -0.1) is 0 Å². The van der Waals surface area contributed by atoms with Crippen LogP contribution in [-0.2, 0) is 0 Å². The number of nitrogens with one attached hydrogen (secondary N) is 1. The Morgan fingerprint density at radius 3 is 1.64 bits per heavy atom. The summed E-state index contributed by atoms with van der Waals surface area (Å²) in [4.78, 5) is 0. The first-order valence-electron chi connectivity index (χ1n) is 4.44. The lowest BCUT2D eigenvalue weighted by molar-refractivity contribution is 0.0106. The van der Waals surface area contributed by atoms with Crippen molar-refractivity contribution in [3.05, 3.63) is 0 Å². The van der Waals surface area contributed by atoms with Crippen molar-refractivity contribution in [2.24, 2.45) is 5.73 Å². The summed E-state index contributed by atoms with van der Waals surface area (Å²) in [6, 6.07) is 0. The van der Waals surface area contributed by atoms with Crippen molar-refractivity contribution in [3.8, 4) is 0 Å². The van der Waals surface area contributed by atoms with E-state index in [1.807, 2.05) is 0 Å². The minimum atomic E-state index is -1.21. The van der Waals surface area contributed by atoms with Gasteiger partial charge in [0.25, 0.3) is 0 Å². The molecule has 0 aliphatic rings. The van der Waals surface area contributed by atoms with Crippen molar-refractivity contribution >= 4 is 0 Å². The molecule has 0 heterocycles. The van der Waals surface area contributed by atoms with E-state index in [1.165, 1.54) is 0 Å². The highest BCUT2D eigenvalue weighted by Gasteiger charge is 2.35. The fourth-order valence-corrected chi connectivity index (χ4v) is 1.06. The number of rotatable bonds is 7. The van der Waals surface area contributed by atoms with Gasteiger partial charge in [0, 0.05) is 6.54 Å². The Bertz CT molecular complexity index is 149. The smallest absolute Gasteiger partial charge is 0.0886 e. The molecular formula is C8H20N2O4. The maximum absolute atomic E-state index is 9.05. The van der Waals surface area contributed by atoms with Crippen molar-refractivity contribution in [2.45, 2.75) is 18.0 Å². The van der Waals surface area contributed by atoms with Gasteiger partial charge in [0.15, 0.2) is 0 Å². The molecular weight excluding hydrogens is 188 g/mol. The third kappa shape index (κ3) is 3.16. The fourth-order valence-electron chi connectivity index (χ4n) is 1.06. The Labute approximate surface area is 83.4 Å². The van der Waals surface area contributed by atoms with Gasteiger partial charge < -0.3 is 26.2 Å². The van der Waals surface area contributed by atoms with Crippen LogP contribution in [0.4, 0.5) is 0 Å². The van der Waals surface area contributed by atoms with Crippen LogP contribution in [0.5, 0.6) is 0 Å². The first-order chi connectivity index (χ1) is 6.51. The molecule has 0 aliphatic carbocycles. The summed E-state index contributed by atoms with van der Waals surface area (Å²) in [6.45, 7) is 0.222. The average Bonchev–Trinajstić information content (AvgIpc) is 2.26. The Hall–Kier alpha value is -0.240. The van der Waals surface area contributed by atoms with Crippen LogP contribution in [0.3, 0.4) is 0 Å². The molecule has 0 aromatic carbocycles. The molecule has 0 fully saturated rings. The van der Waals surface area contributed by atoms with E-state index in [9.17, 15) is 0 Å². The predicted molar refractivity (Wildman–Crippen MR) is 51.7 cm³/mol. The largest absolute Gasteiger partial charge is 0.394 e. The van der Waals surface area contributed by atoms with E-state index in [-0.39, 0.29) is 13.2 Å². The average molecular weight is 208 g/mol. The number of hydrogen-bond donors (Lipinski definition) is 6. The van der Waals surface area contributed by atoms with Crippen LogP contribution in [0.25, 0.3) is 0 Å². The molecule has 1 atom stereocenters. The van der Waals surface area contributed by atoms with Crippen molar-refractivity contribution < 1.29 is 20.4 Å². The van der Waals surface area contributed by atoms with Crippen molar-refractivity contribution in [3.63, 3.8) is 0 Å². The molecule has 0 saturated carbocycles. The molecule has 0 aliphatic heterocycles. The topological polar surface area (TPSA) is 119 Å². The van der Waals surface area contributed by atoms with E-state index in [0.717, 1.165) is 0 Å². The summed E-state index contributed by atoms with van der Waals surface area (Å²) in [7, 11) is 0. The lowest BCUT2D eigenvalue weighted by atomic mass is 9.95. The second kappa shape index (κ2) is 5.59. The third-order valence-electron chi connectivity index (χ3n) is 2.27. The Morgan fingerprint density at radius 1 is 1.00 bits per heavy atom. The maximum atomic E-state index is 9.05. The van der Waals surface area contributed by atoms with Crippen LogP contribution in [-0.4, -0.2) is 64.5 Å². The van der Waals surface area contributed by atoms with Gasteiger partial charge in [0.05, 0.1) is 37.5 Å². The minimum Gasteiger partial charge on any atom is -0.394 e. The zero-order valence-electron chi connectivity index (χ0n) is 8.40. The minimum absolute atomic E-state index is 0.130. The number of aliphatic hydroxyl groups is 4. The van der Waals surface area contributed by atoms with Gasteiger partial charge in [-0.2, -0.15) is 0 Å². The van der Waals surface area contributed by atoms with Gasteiger partial charge in [-0.25, -0.2) is 0 Å². The summed E-state index contributed by atoms with van der Waals surface area (Å²) in [6.07, 6.45) is 0. The monoisotopic (exact) mass is 208 g/mol. The number of hydrogen-bond acceptors (Lipinski definition) is 6. The highest BCUT2D eigenvalue weighted by molar-refractivity contribution is 4.96. The number of aliphatic hydroxyl groups excluding tert-OH is 4. The van der Waals surface area contributed by atoms with Crippen LogP contribution in [0, 0.1) is 0 Å². The second-order valence-electron chi connectivity index (χ2n) is 3.80. The first-order valence-corrected chi connectivity index (χ1v) is 4.44. The van der Waals surface area contributed by atoms with Crippen molar-refractivity contribution in [1.29, 1.82) is 0 Å². The van der Waals surface area contributed by atoms with Crippen LogP contribution in [0.15, 0.2) is 0 Å². The van der Waals surface area contributed by atoms with Gasteiger partial charge in [-0.3, -0.25) is 5.32 Å². The van der Waals surface area contributed by atoms with Crippen LogP contribution >= 0.6 is 0 Å². The molecule has 7 N–H and O–H groups in total. The van der Waals surface area contributed by atoms with Crippen molar-refractivity contribution in [2.75, 3.05) is 33.0 Å². The van der Waals surface area contributed by atoms with E-state index in [1.54, 1.807) is 6.92 Å². The molecule has 0 bridgehead atoms. The fraction of sp³-hybridized carbons (Fsp3) is 1.00. The Morgan fingerprint density at radius 2 is 1.43 bits per heavy atom.